The zero-order chi connectivity index (χ0) is 14.4. The van der Waals surface area contributed by atoms with Crippen LogP contribution in [0.1, 0.15) is 13.3 Å². The summed E-state index contributed by atoms with van der Waals surface area (Å²) in [6.07, 6.45) is 0.972. The van der Waals surface area contributed by atoms with E-state index in [1.807, 2.05) is 12.1 Å². The number of amides is 1. The molecule has 1 fully saturated rings. The minimum absolute atomic E-state index is 0.136. The van der Waals surface area contributed by atoms with Gasteiger partial charge in [0.2, 0.25) is 0 Å². The highest BCUT2D eigenvalue weighted by Crippen LogP contribution is 2.14. The molecular weight excluding hydrogens is 257 g/mol. The van der Waals surface area contributed by atoms with Crippen LogP contribution >= 0.6 is 0 Å². The van der Waals surface area contributed by atoms with E-state index >= 15 is 0 Å². The fourth-order valence-electron chi connectivity index (χ4n) is 2.46. The number of hydrogen-bond donors (Lipinski definition) is 2. The van der Waals surface area contributed by atoms with Crippen LogP contribution in [0.15, 0.2) is 24.3 Å². The van der Waals surface area contributed by atoms with Gasteiger partial charge in [-0.15, -0.1) is 0 Å². The molecule has 0 radical (unpaired) electrons. The van der Waals surface area contributed by atoms with Gasteiger partial charge in [-0.05, 0) is 30.7 Å². The van der Waals surface area contributed by atoms with Gasteiger partial charge in [0, 0.05) is 12.2 Å². The molecule has 110 valence electrons. The van der Waals surface area contributed by atoms with Gasteiger partial charge in [-0.25, -0.2) is 4.39 Å². The number of benzene rings is 1. The first-order chi connectivity index (χ1) is 9.69. The molecule has 0 saturated carbocycles. The third kappa shape index (κ3) is 4.20. The van der Waals surface area contributed by atoms with Gasteiger partial charge in [-0.2, -0.15) is 0 Å². The van der Waals surface area contributed by atoms with E-state index in [0.29, 0.717) is 6.54 Å². The van der Waals surface area contributed by atoms with Crippen molar-refractivity contribution < 1.29 is 14.1 Å². The Hall–Kier alpha value is -1.62. The van der Waals surface area contributed by atoms with E-state index in [0.717, 1.165) is 44.8 Å². The van der Waals surface area contributed by atoms with Gasteiger partial charge in [0.25, 0.3) is 5.91 Å². The van der Waals surface area contributed by atoms with Crippen LogP contribution in [0.3, 0.4) is 0 Å². The van der Waals surface area contributed by atoms with Crippen molar-refractivity contribution in [2.24, 2.45) is 0 Å². The third-order valence-electron chi connectivity index (χ3n) is 3.65. The maximum Gasteiger partial charge on any atom is 0.275 e. The number of anilines is 1. The van der Waals surface area contributed by atoms with Crippen molar-refractivity contribution in [1.29, 1.82) is 0 Å². The standard InChI is InChI=1S/C15H22FN3O/c1-2-7-17-15(20)12-18-8-10-19(11-9-18)14-5-3-13(16)4-6-14/h3-6H,2,7-12H2,1H3,(H,17,20)/p+1. The van der Waals surface area contributed by atoms with E-state index in [2.05, 4.69) is 17.1 Å². The SMILES string of the molecule is CCCNC(=O)C[NH+]1CCN(c2ccc(F)cc2)CC1. The van der Waals surface area contributed by atoms with E-state index in [1.54, 1.807) is 0 Å². The first-order valence-corrected chi connectivity index (χ1v) is 7.30. The Morgan fingerprint density at radius 3 is 2.55 bits per heavy atom. The summed E-state index contributed by atoms with van der Waals surface area (Å²) in [5.41, 5.74) is 1.06. The number of carbonyl (C=O) groups is 1. The largest absolute Gasteiger partial charge is 0.360 e. The summed E-state index contributed by atoms with van der Waals surface area (Å²) in [6.45, 7) is 7.05. The lowest BCUT2D eigenvalue weighted by Gasteiger charge is -2.33. The summed E-state index contributed by atoms with van der Waals surface area (Å²) < 4.78 is 12.9. The number of nitrogens with one attached hydrogen (secondary N) is 2. The Bertz CT molecular complexity index is 427. The van der Waals surface area contributed by atoms with E-state index in [9.17, 15) is 9.18 Å². The predicted octanol–water partition coefficient (Wildman–Crippen LogP) is 0.0568. The molecule has 2 rings (SSSR count). The van der Waals surface area contributed by atoms with E-state index < -0.39 is 0 Å². The number of nitrogens with zero attached hydrogens (tertiary/aromatic N) is 1. The molecule has 0 bridgehead atoms. The highest BCUT2D eigenvalue weighted by atomic mass is 19.1. The molecule has 1 aromatic carbocycles. The Kier molecular flexibility index (Phi) is 5.35. The summed E-state index contributed by atoms with van der Waals surface area (Å²) in [4.78, 5) is 15.2. The molecule has 2 N–H and O–H groups in total. The third-order valence-corrected chi connectivity index (χ3v) is 3.65. The number of piperazine rings is 1. The first kappa shape index (κ1) is 14.8. The molecule has 0 aliphatic carbocycles. The average Bonchev–Trinajstić information content (AvgIpc) is 2.47. The second-order valence-electron chi connectivity index (χ2n) is 5.24. The van der Waals surface area contributed by atoms with Crippen molar-refractivity contribution in [2.75, 3.05) is 44.2 Å². The van der Waals surface area contributed by atoms with Gasteiger partial charge in [-0.1, -0.05) is 6.92 Å². The van der Waals surface area contributed by atoms with Crippen LogP contribution in [-0.2, 0) is 4.79 Å². The lowest BCUT2D eigenvalue weighted by atomic mass is 10.2. The van der Waals surface area contributed by atoms with Crippen molar-refractivity contribution >= 4 is 11.6 Å². The van der Waals surface area contributed by atoms with Crippen molar-refractivity contribution in [3.63, 3.8) is 0 Å². The summed E-state index contributed by atoms with van der Waals surface area (Å²) in [6, 6.07) is 6.61. The number of rotatable bonds is 5. The summed E-state index contributed by atoms with van der Waals surface area (Å²) >= 11 is 0. The van der Waals surface area contributed by atoms with Crippen molar-refractivity contribution in [1.82, 2.24) is 5.32 Å². The second kappa shape index (κ2) is 7.24. The number of hydrogen-bond acceptors (Lipinski definition) is 2. The van der Waals surface area contributed by atoms with Crippen molar-refractivity contribution in [2.45, 2.75) is 13.3 Å². The van der Waals surface area contributed by atoms with Crippen LogP contribution in [0.4, 0.5) is 10.1 Å². The van der Waals surface area contributed by atoms with Crippen LogP contribution in [0.5, 0.6) is 0 Å². The molecule has 1 aliphatic rings. The minimum Gasteiger partial charge on any atom is -0.360 e. The molecule has 5 heteroatoms. The Balaban J connectivity index is 1.77. The molecule has 1 amide bonds. The Morgan fingerprint density at radius 1 is 1.30 bits per heavy atom. The molecule has 20 heavy (non-hydrogen) atoms. The van der Waals surface area contributed by atoms with Crippen LogP contribution in [0.25, 0.3) is 0 Å². The average molecular weight is 280 g/mol. The summed E-state index contributed by atoms with van der Waals surface area (Å²) in [7, 11) is 0. The quantitative estimate of drug-likeness (QED) is 0.800. The van der Waals surface area contributed by atoms with Crippen molar-refractivity contribution in [3.8, 4) is 0 Å². The summed E-state index contributed by atoms with van der Waals surface area (Å²) in [5.74, 6) is -0.0670. The van der Waals surface area contributed by atoms with E-state index in [-0.39, 0.29) is 11.7 Å². The van der Waals surface area contributed by atoms with Gasteiger partial charge < -0.3 is 15.1 Å². The molecule has 1 heterocycles. The highest BCUT2D eigenvalue weighted by Gasteiger charge is 2.22. The van der Waals surface area contributed by atoms with Crippen LogP contribution in [0.2, 0.25) is 0 Å². The number of carbonyl (C=O) groups excluding carboxylic acids is 1. The fraction of sp³-hybridized carbons (Fsp3) is 0.533. The van der Waals surface area contributed by atoms with Crippen LogP contribution in [-0.4, -0.2) is 45.2 Å². The van der Waals surface area contributed by atoms with Gasteiger partial charge >= 0.3 is 0 Å². The second-order valence-corrected chi connectivity index (χ2v) is 5.24. The van der Waals surface area contributed by atoms with Crippen molar-refractivity contribution in [3.05, 3.63) is 30.1 Å². The topological polar surface area (TPSA) is 36.8 Å². The molecule has 0 aromatic heterocycles. The molecule has 0 spiro atoms. The van der Waals surface area contributed by atoms with Crippen LogP contribution in [0, 0.1) is 5.82 Å². The number of halogens is 1. The lowest BCUT2D eigenvalue weighted by Crippen LogP contribution is -3.15. The fourth-order valence-corrected chi connectivity index (χ4v) is 2.46. The Labute approximate surface area is 119 Å². The zero-order valence-corrected chi connectivity index (χ0v) is 12.0. The van der Waals surface area contributed by atoms with E-state index in [4.69, 9.17) is 0 Å². The first-order valence-electron chi connectivity index (χ1n) is 7.30. The molecule has 1 saturated heterocycles. The molecule has 4 nitrogen and oxygen atoms in total. The Morgan fingerprint density at radius 2 is 1.95 bits per heavy atom. The van der Waals surface area contributed by atoms with Crippen LogP contribution < -0.4 is 15.1 Å². The maximum atomic E-state index is 12.9. The minimum atomic E-state index is -0.203. The van der Waals surface area contributed by atoms with Gasteiger partial charge in [0.1, 0.15) is 5.82 Å². The molecule has 1 aliphatic heterocycles. The molecule has 1 aromatic rings. The molecule has 0 atom stereocenters. The van der Waals surface area contributed by atoms with Gasteiger partial charge in [0.05, 0.1) is 26.2 Å². The monoisotopic (exact) mass is 280 g/mol. The maximum absolute atomic E-state index is 12.9. The van der Waals surface area contributed by atoms with Gasteiger partial charge in [-0.3, -0.25) is 4.79 Å². The van der Waals surface area contributed by atoms with E-state index in [1.165, 1.54) is 17.0 Å². The lowest BCUT2D eigenvalue weighted by molar-refractivity contribution is -0.892. The normalized spacial score (nSPS) is 16.2. The molecule has 0 unspecified atom stereocenters. The van der Waals surface area contributed by atoms with Gasteiger partial charge in [0.15, 0.2) is 6.54 Å². The highest BCUT2D eigenvalue weighted by molar-refractivity contribution is 5.76. The number of quaternary nitrogens is 1. The summed E-state index contributed by atoms with van der Waals surface area (Å²) in [5, 5.41) is 2.91. The smallest absolute Gasteiger partial charge is 0.275 e. The zero-order valence-electron chi connectivity index (χ0n) is 12.0. The predicted molar refractivity (Wildman–Crippen MR) is 77.5 cm³/mol. The molecular formula is C15H23FN3O+.